The number of alkyl halides is 3. The standard InChI is InChI=1S/C17H21F3N2O2/c18-17(19,20)10-11-3-1-4-12(9-11)21-16(23)22-14-5-2-6-15-13(14)7-8-24-15/h1,3-4,9,13-15H,2,5-8,10H2,(H2,21,22,23)/t13-,14+,15+/m0/s1. The highest BCUT2D eigenvalue weighted by Crippen LogP contribution is 2.34. The zero-order chi connectivity index (χ0) is 17.2. The lowest BCUT2D eigenvalue weighted by Gasteiger charge is -2.33. The summed E-state index contributed by atoms with van der Waals surface area (Å²) in [6.07, 6.45) is -1.16. The van der Waals surface area contributed by atoms with E-state index in [0.717, 1.165) is 32.3 Å². The molecule has 3 rings (SSSR count). The van der Waals surface area contributed by atoms with Gasteiger partial charge in [0.15, 0.2) is 0 Å². The minimum Gasteiger partial charge on any atom is -0.378 e. The number of hydrogen-bond acceptors (Lipinski definition) is 2. The van der Waals surface area contributed by atoms with Gasteiger partial charge in [-0.2, -0.15) is 13.2 Å². The summed E-state index contributed by atoms with van der Waals surface area (Å²) in [6.45, 7) is 0.731. The molecule has 132 valence electrons. The van der Waals surface area contributed by atoms with Gasteiger partial charge in [0.05, 0.1) is 12.5 Å². The zero-order valence-electron chi connectivity index (χ0n) is 13.2. The van der Waals surface area contributed by atoms with Gasteiger partial charge in [0.2, 0.25) is 0 Å². The van der Waals surface area contributed by atoms with Crippen molar-refractivity contribution in [2.75, 3.05) is 11.9 Å². The van der Waals surface area contributed by atoms with Crippen LogP contribution >= 0.6 is 0 Å². The number of hydrogen-bond donors (Lipinski definition) is 2. The van der Waals surface area contributed by atoms with E-state index in [1.807, 2.05) is 0 Å². The maximum atomic E-state index is 12.5. The Morgan fingerprint density at radius 3 is 2.88 bits per heavy atom. The number of urea groups is 1. The quantitative estimate of drug-likeness (QED) is 0.876. The van der Waals surface area contributed by atoms with Gasteiger partial charge in [-0.1, -0.05) is 12.1 Å². The van der Waals surface area contributed by atoms with Crippen LogP contribution in [0.5, 0.6) is 0 Å². The Morgan fingerprint density at radius 2 is 2.08 bits per heavy atom. The molecule has 0 radical (unpaired) electrons. The van der Waals surface area contributed by atoms with E-state index in [9.17, 15) is 18.0 Å². The molecule has 1 aromatic carbocycles. The average Bonchev–Trinajstić information content (AvgIpc) is 2.95. The van der Waals surface area contributed by atoms with E-state index in [0.29, 0.717) is 11.6 Å². The van der Waals surface area contributed by atoms with Crippen molar-refractivity contribution in [3.8, 4) is 0 Å². The summed E-state index contributed by atoms with van der Waals surface area (Å²) in [5, 5.41) is 5.59. The van der Waals surface area contributed by atoms with Gasteiger partial charge in [0, 0.05) is 24.3 Å². The molecular formula is C17H21F3N2O2. The lowest BCUT2D eigenvalue weighted by molar-refractivity contribution is -0.127. The number of fused-ring (bicyclic) bond motifs is 1. The number of rotatable bonds is 3. The summed E-state index contributed by atoms with van der Waals surface area (Å²) in [4.78, 5) is 12.2. The molecular weight excluding hydrogens is 321 g/mol. The van der Waals surface area contributed by atoms with Crippen LogP contribution in [0.2, 0.25) is 0 Å². The third-order valence-electron chi connectivity index (χ3n) is 4.69. The lowest BCUT2D eigenvalue weighted by atomic mass is 9.82. The molecule has 0 unspecified atom stereocenters. The van der Waals surface area contributed by atoms with Crippen LogP contribution in [0.3, 0.4) is 0 Å². The Bertz CT molecular complexity index is 591. The summed E-state index contributed by atoms with van der Waals surface area (Å²) >= 11 is 0. The molecule has 4 nitrogen and oxygen atoms in total. The molecule has 1 aliphatic carbocycles. The molecule has 7 heteroatoms. The number of amides is 2. The van der Waals surface area contributed by atoms with Gasteiger partial charge in [0.25, 0.3) is 0 Å². The fraction of sp³-hybridized carbons (Fsp3) is 0.588. The first-order chi connectivity index (χ1) is 11.4. The molecule has 0 aromatic heterocycles. The number of carbonyl (C=O) groups is 1. The molecule has 1 aliphatic heterocycles. The second-order valence-corrected chi connectivity index (χ2v) is 6.49. The molecule has 1 saturated carbocycles. The predicted molar refractivity (Wildman–Crippen MR) is 83.8 cm³/mol. The van der Waals surface area contributed by atoms with Crippen molar-refractivity contribution < 1.29 is 22.7 Å². The van der Waals surface area contributed by atoms with Crippen molar-refractivity contribution in [2.24, 2.45) is 5.92 Å². The second kappa shape index (κ2) is 7.01. The van der Waals surface area contributed by atoms with E-state index < -0.39 is 12.6 Å². The third kappa shape index (κ3) is 4.41. The predicted octanol–water partition coefficient (Wildman–Crippen LogP) is 3.87. The van der Waals surface area contributed by atoms with Crippen LogP contribution in [-0.2, 0) is 11.2 Å². The number of nitrogens with one attached hydrogen (secondary N) is 2. The van der Waals surface area contributed by atoms with Crippen LogP contribution in [0.4, 0.5) is 23.7 Å². The number of ether oxygens (including phenoxy) is 1. The van der Waals surface area contributed by atoms with Crippen molar-refractivity contribution in [3.05, 3.63) is 29.8 Å². The van der Waals surface area contributed by atoms with Crippen LogP contribution in [-0.4, -0.2) is 31.0 Å². The van der Waals surface area contributed by atoms with Crippen LogP contribution in [0.15, 0.2) is 24.3 Å². The number of halogens is 3. The first-order valence-electron chi connectivity index (χ1n) is 8.25. The van der Waals surface area contributed by atoms with Crippen molar-refractivity contribution in [1.82, 2.24) is 5.32 Å². The largest absolute Gasteiger partial charge is 0.393 e. The Morgan fingerprint density at radius 1 is 1.25 bits per heavy atom. The summed E-state index contributed by atoms with van der Waals surface area (Å²) in [5.74, 6) is 0.334. The van der Waals surface area contributed by atoms with Crippen molar-refractivity contribution in [1.29, 1.82) is 0 Å². The van der Waals surface area contributed by atoms with E-state index in [1.54, 1.807) is 6.07 Å². The van der Waals surface area contributed by atoms with Gasteiger partial charge in [-0.25, -0.2) is 4.79 Å². The molecule has 2 fully saturated rings. The smallest absolute Gasteiger partial charge is 0.378 e. The fourth-order valence-electron chi connectivity index (χ4n) is 3.68. The summed E-state index contributed by atoms with van der Waals surface area (Å²) in [5.41, 5.74) is 0.492. The van der Waals surface area contributed by atoms with E-state index in [1.165, 1.54) is 18.2 Å². The second-order valence-electron chi connectivity index (χ2n) is 6.49. The van der Waals surface area contributed by atoms with Crippen LogP contribution in [0.25, 0.3) is 0 Å². The van der Waals surface area contributed by atoms with Crippen molar-refractivity contribution >= 4 is 11.7 Å². The molecule has 0 spiro atoms. The lowest BCUT2D eigenvalue weighted by Crippen LogP contribution is -2.47. The SMILES string of the molecule is O=C(Nc1cccc(CC(F)(F)F)c1)N[C@@H]1CCC[C@H]2OCC[C@@H]12. The Hall–Kier alpha value is -1.76. The first kappa shape index (κ1) is 17.1. The third-order valence-corrected chi connectivity index (χ3v) is 4.69. The van der Waals surface area contributed by atoms with Crippen LogP contribution < -0.4 is 10.6 Å². The van der Waals surface area contributed by atoms with E-state index in [2.05, 4.69) is 10.6 Å². The highest BCUT2D eigenvalue weighted by Gasteiger charge is 2.38. The Balaban J connectivity index is 1.57. The summed E-state index contributed by atoms with van der Waals surface area (Å²) in [6, 6.07) is 5.54. The minimum atomic E-state index is -4.26. The Kier molecular flexibility index (Phi) is 4.99. The number of benzene rings is 1. The molecule has 1 aromatic rings. The minimum absolute atomic E-state index is 0.0598. The topological polar surface area (TPSA) is 50.4 Å². The molecule has 2 aliphatic rings. The molecule has 2 N–H and O–H groups in total. The summed E-state index contributed by atoms with van der Waals surface area (Å²) in [7, 11) is 0. The van der Waals surface area contributed by atoms with Gasteiger partial charge in [-0.05, 0) is 43.4 Å². The van der Waals surface area contributed by atoms with Crippen LogP contribution in [0.1, 0.15) is 31.2 Å². The Labute approximate surface area is 138 Å². The molecule has 24 heavy (non-hydrogen) atoms. The monoisotopic (exact) mass is 342 g/mol. The van der Waals surface area contributed by atoms with Crippen molar-refractivity contribution in [3.63, 3.8) is 0 Å². The van der Waals surface area contributed by atoms with Gasteiger partial charge >= 0.3 is 12.2 Å². The van der Waals surface area contributed by atoms with Crippen molar-refractivity contribution in [2.45, 2.75) is 50.4 Å². The normalized spacial score (nSPS) is 26.7. The van der Waals surface area contributed by atoms with Gasteiger partial charge in [-0.3, -0.25) is 0 Å². The highest BCUT2D eigenvalue weighted by molar-refractivity contribution is 5.89. The van der Waals surface area contributed by atoms with Gasteiger partial charge in [-0.15, -0.1) is 0 Å². The molecule has 0 bridgehead atoms. The number of carbonyl (C=O) groups excluding carboxylic acids is 1. The maximum absolute atomic E-state index is 12.5. The molecule has 3 atom stereocenters. The fourth-order valence-corrected chi connectivity index (χ4v) is 3.68. The zero-order valence-corrected chi connectivity index (χ0v) is 13.2. The molecule has 2 amide bonds. The van der Waals surface area contributed by atoms with E-state index in [4.69, 9.17) is 4.74 Å². The van der Waals surface area contributed by atoms with E-state index >= 15 is 0 Å². The molecule has 1 heterocycles. The number of anilines is 1. The van der Waals surface area contributed by atoms with Gasteiger partial charge < -0.3 is 15.4 Å². The maximum Gasteiger partial charge on any atom is 0.393 e. The average molecular weight is 342 g/mol. The van der Waals surface area contributed by atoms with E-state index in [-0.39, 0.29) is 23.7 Å². The summed E-state index contributed by atoms with van der Waals surface area (Å²) < 4.78 is 43.0. The highest BCUT2D eigenvalue weighted by atomic mass is 19.4. The first-order valence-corrected chi connectivity index (χ1v) is 8.25. The molecule has 1 saturated heterocycles. The van der Waals surface area contributed by atoms with Crippen LogP contribution in [0, 0.1) is 5.92 Å². The van der Waals surface area contributed by atoms with Gasteiger partial charge in [0.1, 0.15) is 0 Å².